The Morgan fingerprint density at radius 1 is 1.45 bits per heavy atom. The summed E-state index contributed by atoms with van der Waals surface area (Å²) in [6.45, 7) is 8.08. The highest BCUT2D eigenvalue weighted by atomic mass is 79.9. The second-order valence-corrected chi connectivity index (χ2v) is 6.41. The largest absolute Gasteiger partial charge is 0.377 e. The van der Waals surface area contributed by atoms with E-state index in [4.69, 9.17) is 4.74 Å². The van der Waals surface area contributed by atoms with Gasteiger partial charge in [0.15, 0.2) is 0 Å². The van der Waals surface area contributed by atoms with Crippen LogP contribution < -0.4 is 5.32 Å². The van der Waals surface area contributed by atoms with E-state index in [0.29, 0.717) is 12.1 Å². The maximum atomic E-state index is 5.66. The van der Waals surface area contributed by atoms with Crippen LogP contribution >= 0.6 is 15.9 Å². The zero-order chi connectivity index (χ0) is 14.5. The summed E-state index contributed by atoms with van der Waals surface area (Å²) in [4.78, 5) is 2.40. The normalized spacial score (nSPS) is 22.6. The summed E-state index contributed by atoms with van der Waals surface area (Å²) in [5.41, 5.74) is 2.66. The van der Waals surface area contributed by atoms with Crippen molar-refractivity contribution in [3.8, 4) is 0 Å². The fourth-order valence-corrected chi connectivity index (χ4v) is 3.34. The second kappa shape index (κ2) is 7.55. The molecular weight excluding hydrogens is 316 g/mol. The van der Waals surface area contributed by atoms with Crippen molar-refractivity contribution in [1.82, 2.24) is 10.2 Å². The van der Waals surface area contributed by atoms with Gasteiger partial charge in [0.2, 0.25) is 0 Å². The Kier molecular flexibility index (Phi) is 6.02. The van der Waals surface area contributed by atoms with Crippen molar-refractivity contribution in [3.05, 3.63) is 33.8 Å². The van der Waals surface area contributed by atoms with Crippen molar-refractivity contribution in [2.45, 2.75) is 45.5 Å². The molecule has 1 fully saturated rings. The Balaban J connectivity index is 1.98. The van der Waals surface area contributed by atoms with Crippen LogP contribution in [0.5, 0.6) is 0 Å². The molecule has 1 saturated heterocycles. The van der Waals surface area contributed by atoms with Gasteiger partial charge >= 0.3 is 0 Å². The minimum atomic E-state index is 0.340. The van der Waals surface area contributed by atoms with E-state index in [1.54, 1.807) is 0 Å². The Morgan fingerprint density at radius 2 is 2.25 bits per heavy atom. The van der Waals surface area contributed by atoms with Crippen molar-refractivity contribution in [2.24, 2.45) is 0 Å². The molecule has 3 nitrogen and oxygen atoms in total. The monoisotopic (exact) mass is 340 g/mol. The molecule has 1 aromatic rings. The van der Waals surface area contributed by atoms with Crippen molar-refractivity contribution < 1.29 is 4.74 Å². The molecule has 2 atom stereocenters. The summed E-state index contributed by atoms with van der Waals surface area (Å²) in [6.07, 6.45) is 1.47. The minimum Gasteiger partial charge on any atom is -0.377 e. The van der Waals surface area contributed by atoms with Gasteiger partial charge in [-0.1, -0.05) is 35.0 Å². The van der Waals surface area contributed by atoms with Gasteiger partial charge < -0.3 is 10.1 Å². The molecule has 4 heteroatoms. The number of nitrogens with one attached hydrogen (secondary N) is 1. The molecule has 0 bridgehead atoms. The van der Waals surface area contributed by atoms with Crippen LogP contribution in [-0.2, 0) is 17.8 Å². The second-order valence-electron chi connectivity index (χ2n) is 5.55. The maximum Gasteiger partial charge on any atom is 0.0703 e. The summed E-state index contributed by atoms with van der Waals surface area (Å²) in [5, 5.41) is 3.35. The Bertz CT molecular complexity index is 438. The molecule has 0 aromatic heterocycles. The summed E-state index contributed by atoms with van der Waals surface area (Å²) >= 11 is 3.71. The smallest absolute Gasteiger partial charge is 0.0703 e. The van der Waals surface area contributed by atoms with Crippen LogP contribution in [0.4, 0.5) is 0 Å². The number of ether oxygens (including phenoxy) is 1. The van der Waals surface area contributed by atoms with E-state index in [0.717, 1.165) is 32.7 Å². The average Bonchev–Trinajstić information content (AvgIpc) is 2.85. The van der Waals surface area contributed by atoms with Crippen LogP contribution in [0.1, 0.15) is 31.4 Å². The van der Waals surface area contributed by atoms with Crippen LogP contribution in [0.2, 0.25) is 0 Å². The lowest BCUT2D eigenvalue weighted by molar-refractivity contribution is 0.0814. The molecule has 1 N–H and O–H groups in total. The van der Waals surface area contributed by atoms with Gasteiger partial charge in [-0.3, -0.25) is 4.90 Å². The van der Waals surface area contributed by atoms with E-state index in [1.807, 2.05) is 0 Å². The minimum absolute atomic E-state index is 0.340. The summed E-state index contributed by atoms with van der Waals surface area (Å²) < 4.78 is 6.86. The van der Waals surface area contributed by atoms with Crippen LogP contribution in [0.25, 0.3) is 0 Å². The third-order valence-electron chi connectivity index (χ3n) is 4.02. The highest BCUT2D eigenvalue weighted by Crippen LogP contribution is 2.24. The predicted molar refractivity (Wildman–Crippen MR) is 86.8 cm³/mol. The number of hydrogen-bond acceptors (Lipinski definition) is 3. The van der Waals surface area contributed by atoms with Crippen LogP contribution in [0.3, 0.4) is 0 Å². The predicted octanol–water partition coefficient (Wildman–Crippen LogP) is 3.17. The van der Waals surface area contributed by atoms with E-state index >= 15 is 0 Å². The number of halogens is 1. The lowest BCUT2D eigenvalue weighted by Gasteiger charge is -2.27. The molecule has 2 unspecified atom stereocenters. The Morgan fingerprint density at radius 3 is 2.85 bits per heavy atom. The molecule has 2 rings (SSSR count). The molecule has 0 radical (unpaired) electrons. The fourth-order valence-electron chi connectivity index (χ4n) is 2.78. The van der Waals surface area contributed by atoms with Gasteiger partial charge in [0.1, 0.15) is 0 Å². The van der Waals surface area contributed by atoms with Gasteiger partial charge in [0, 0.05) is 30.2 Å². The lowest BCUT2D eigenvalue weighted by Crippen LogP contribution is -2.36. The first kappa shape index (κ1) is 16.0. The zero-order valence-corrected chi connectivity index (χ0v) is 14.2. The van der Waals surface area contributed by atoms with Crippen molar-refractivity contribution >= 4 is 15.9 Å². The molecule has 0 amide bonds. The van der Waals surface area contributed by atoms with Gasteiger partial charge in [-0.25, -0.2) is 0 Å². The quantitative estimate of drug-likeness (QED) is 0.860. The van der Waals surface area contributed by atoms with Gasteiger partial charge in [0.05, 0.1) is 6.10 Å². The number of rotatable bonds is 6. The van der Waals surface area contributed by atoms with Crippen LogP contribution in [-0.4, -0.2) is 37.2 Å². The summed E-state index contributed by atoms with van der Waals surface area (Å²) in [6, 6.07) is 7.20. The van der Waals surface area contributed by atoms with Crippen LogP contribution in [0, 0.1) is 0 Å². The fraction of sp³-hybridized carbons (Fsp3) is 0.625. The first-order chi connectivity index (χ1) is 9.61. The van der Waals surface area contributed by atoms with Gasteiger partial charge in [-0.15, -0.1) is 0 Å². The number of hydrogen-bond donors (Lipinski definition) is 1. The third kappa shape index (κ3) is 4.04. The first-order valence-electron chi connectivity index (χ1n) is 7.41. The SMILES string of the molecule is CCNCc1ccc(CN(C)C2CCOC2C)c(Br)c1. The van der Waals surface area contributed by atoms with Gasteiger partial charge in [-0.05, 0) is 44.1 Å². The average molecular weight is 341 g/mol. The molecule has 0 aliphatic carbocycles. The van der Waals surface area contributed by atoms with Crippen molar-refractivity contribution in [1.29, 1.82) is 0 Å². The number of likely N-dealkylation sites (N-methyl/N-ethyl adjacent to an activating group) is 1. The van der Waals surface area contributed by atoms with E-state index < -0.39 is 0 Å². The number of benzene rings is 1. The molecule has 1 aromatic carbocycles. The van der Waals surface area contributed by atoms with E-state index in [-0.39, 0.29) is 0 Å². The zero-order valence-electron chi connectivity index (χ0n) is 12.7. The molecule has 0 spiro atoms. The number of nitrogens with zero attached hydrogens (tertiary/aromatic N) is 1. The van der Waals surface area contributed by atoms with Crippen LogP contribution in [0.15, 0.2) is 22.7 Å². The third-order valence-corrected chi connectivity index (χ3v) is 4.76. The topological polar surface area (TPSA) is 24.5 Å². The molecule has 0 saturated carbocycles. The molecule has 112 valence electrons. The molecule has 1 aliphatic rings. The van der Waals surface area contributed by atoms with E-state index in [2.05, 4.69) is 65.2 Å². The highest BCUT2D eigenvalue weighted by molar-refractivity contribution is 9.10. The maximum absolute atomic E-state index is 5.66. The lowest BCUT2D eigenvalue weighted by atomic mass is 10.1. The Labute approximate surface area is 130 Å². The summed E-state index contributed by atoms with van der Waals surface area (Å²) in [7, 11) is 2.19. The summed E-state index contributed by atoms with van der Waals surface area (Å²) in [5.74, 6) is 0. The standard InChI is InChI=1S/C16H25BrN2O/c1-4-18-10-13-5-6-14(15(17)9-13)11-19(3)16-7-8-20-12(16)2/h5-6,9,12,16,18H,4,7-8,10-11H2,1-3H3. The van der Waals surface area contributed by atoms with Gasteiger partial charge in [-0.2, -0.15) is 0 Å². The van der Waals surface area contributed by atoms with Crippen molar-refractivity contribution in [2.75, 3.05) is 20.2 Å². The highest BCUT2D eigenvalue weighted by Gasteiger charge is 2.27. The van der Waals surface area contributed by atoms with E-state index in [9.17, 15) is 0 Å². The van der Waals surface area contributed by atoms with Crippen molar-refractivity contribution in [3.63, 3.8) is 0 Å². The first-order valence-corrected chi connectivity index (χ1v) is 8.21. The Hall–Kier alpha value is -0.420. The molecule has 20 heavy (non-hydrogen) atoms. The molecule has 1 heterocycles. The van der Waals surface area contributed by atoms with Gasteiger partial charge in [0.25, 0.3) is 0 Å². The molecule has 1 aliphatic heterocycles. The van der Waals surface area contributed by atoms with E-state index in [1.165, 1.54) is 15.6 Å². The molecular formula is C16H25BrN2O.